The summed E-state index contributed by atoms with van der Waals surface area (Å²) in [5, 5.41) is 3.03. The first-order valence-corrected chi connectivity index (χ1v) is 8.06. The van der Waals surface area contributed by atoms with Crippen LogP contribution in [0.2, 0.25) is 0 Å². The molecule has 120 valence electrons. The summed E-state index contributed by atoms with van der Waals surface area (Å²) in [5.74, 6) is 0.877. The number of carbonyl (C=O) groups excluding carboxylic acids is 1. The van der Waals surface area contributed by atoms with Crippen LogP contribution < -0.4 is 15.0 Å². The molecule has 1 aromatic carbocycles. The average Bonchev–Trinajstić information content (AvgIpc) is 2.77. The average molecular weight is 303 g/mol. The van der Waals surface area contributed by atoms with Crippen LogP contribution in [0.5, 0.6) is 5.75 Å². The smallest absolute Gasteiger partial charge is 0.318 e. The number of ether oxygens (including phenoxy) is 1. The van der Waals surface area contributed by atoms with Crippen molar-refractivity contribution in [2.45, 2.75) is 44.8 Å². The van der Waals surface area contributed by atoms with Gasteiger partial charge in [0, 0.05) is 24.8 Å². The summed E-state index contributed by atoms with van der Waals surface area (Å²) in [7, 11) is 1.68. The topological polar surface area (TPSA) is 44.8 Å². The lowest BCUT2D eigenvalue weighted by atomic mass is 10.1. The van der Waals surface area contributed by atoms with Gasteiger partial charge >= 0.3 is 6.03 Å². The van der Waals surface area contributed by atoms with E-state index in [4.69, 9.17) is 4.74 Å². The van der Waals surface area contributed by atoms with Crippen molar-refractivity contribution in [3.05, 3.63) is 24.3 Å². The number of benzene rings is 1. The minimum Gasteiger partial charge on any atom is -0.497 e. The van der Waals surface area contributed by atoms with Gasteiger partial charge in [-0.2, -0.15) is 0 Å². The number of fused-ring (bicyclic) bond motifs is 2. The summed E-state index contributed by atoms with van der Waals surface area (Å²) in [6, 6.07) is 9.11. The Bertz CT molecular complexity index is 515. The number of nitrogens with zero attached hydrogens (tertiary/aromatic N) is 2. The number of carbonyl (C=O) groups is 1. The molecule has 1 aromatic rings. The third-order valence-corrected chi connectivity index (χ3v) is 4.57. The lowest BCUT2D eigenvalue weighted by Gasteiger charge is -2.42. The Kier molecular flexibility index (Phi) is 4.14. The van der Waals surface area contributed by atoms with E-state index in [9.17, 15) is 4.79 Å². The predicted molar refractivity (Wildman–Crippen MR) is 87.5 cm³/mol. The van der Waals surface area contributed by atoms with E-state index in [0.29, 0.717) is 12.1 Å². The van der Waals surface area contributed by atoms with E-state index < -0.39 is 0 Å². The Hall–Kier alpha value is -1.91. The summed E-state index contributed by atoms with van der Waals surface area (Å²) >= 11 is 0. The van der Waals surface area contributed by atoms with Crippen LogP contribution in [0, 0.1) is 0 Å². The molecule has 2 fully saturated rings. The van der Waals surface area contributed by atoms with Crippen molar-refractivity contribution in [2.24, 2.45) is 0 Å². The quantitative estimate of drug-likeness (QED) is 0.933. The van der Waals surface area contributed by atoms with Gasteiger partial charge in [-0.1, -0.05) is 0 Å². The molecule has 0 radical (unpaired) electrons. The zero-order chi connectivity index (χ0) is 15.7. The molecule has 2 saturated heterocycles. The van der Waals surface area contributed by atoms with Crippen molar-refractivity contribution >= 4 is 11.7 Å². The van der Waals surface area contributed by atoms with Crippen LogP contribution in [0.3, 0.4) is 0 Å². The third kappa shape index (κ3) is 2.85. The SMILES string of the molecule is COc1ccc(N2CC3CCC(C2)N3C(=O)NC(C)C)cc1. The first-order valence-electron chi connectivity index (χ1n) is 8.06. The molecule has 2 amide bonds. The van der Waals surface area contributed by atoms with Crippen molar-refractivity contribution in [3.8, 4) is 5.75 Å². The van der Waals surface area contributed by atoms with Crippen LogP contribution in [-0.2, 0) is 0 Å². The Morgan fingerprint density at radius 3 is 2.27 bits per heavy atom. The van der Waals surface area contributed by atoms with Crippen LogP contribution in [0.4, 0.5) is 10.5 Å². The predicted octanol–water partition coefficient (Wildman–Crippen LogP) is 2.47. The fraction of sp³-hybridized carbons (Fsp3) is 0.588. The van der Waals surface area contributed by atoms with Crippen LogP contribution in [-0.4, -0.2) is 49.3 Å². The second-order valence-corrected chi connectivity index (χ2v) is 6.50. The minimum absolute atomic E-state index is 0.0943. The maximum atomic E-state index is 12.4. The zero-order valence-corrected chi connectivity index (χ0v) is 13.6. The summed E-state index contributed by atoms with van der Waals surface area (Å²) in [6.45, 7) is 5.84. The molecule has 1 N–H and O–H groups in total. The number of amides is 2. The second-order valence-electron chi connectivity index (χ2n) is 6.50. The summed E-state index contributed by atoms with van der Waals surface area (Å²) in [6.07, 6.45) is 2.20. The van der Waals surface area contributed by atoms with Gasteiger partial charge in [0.25, 0.3) is 0 Å². The fourth-order valence-electron chi connectivity index (χ4n) is 3.56. The van der Waals surface area contributed by atoms with Crippen molar-refractivity contribution in [1.82, 2.24) is 10.2 Å². The molecule has 2 aliphatic heterocycles. The van der Waals surface area contributed by atoms with Gasteiger partial charge in [0.15, 0.2) is 0 Å². The molecule has 2 aliphatic rings. The summed E-state index contributed by atoms with van der Waals surface area (Å²) in [5.41, 5.74) is 1.21. The molecule has 0 aromatic heterocycles. The highest BCUT2D eigenvalue weighted by molar-refractivity contribution is 5.76. The maximum absolute atomic E-state index is 12.4. The van der Waals surface area contributed by atoms with Crippen molar-refractivity contribution in [3.63, 3.8) is 0 Å². The lowest BCUT2D eigenvalue weighted by molar-refractivity contribution is 0.160. The molecule has 0 aliphatic carbocycles. The maximum Gasteiger partial charge on any atom is 0.318 e. The number of anilines is 1. The molecule has 2 unspecified atom stereocenters. The largest absolute Gasteiger partial charge is 0.497 e. The minimum atomic E-state index is 0.0943. The Labute approximate surface area is 132 Å². The van der Waals surface area contributed by atoms with Gasteiger partial charge in [-0.25, -0.2) is 4.79 Å². The zero-order valence-electron chi connectivity index (χ0n) is 13.6. The highest BCUT2D eigenvalue weighted by atomic mass is 16.5. The highest BCUT2D eigenvalue weighted by Crippen LogP contribution is 2.33. The second kappa shape index (κ2) is 6.07. The molecular weight excluding hydrogens is 278 g/mol. The molecule has 0 saturated carbocycles. The normalized spacial score (nSPS) is 23.8. The first-order chi connectivity index (χ1) is 10.6. The van der Waals surface area contributed by atoms with Crippen LogP contribution >= 0.6 is 0 Å². The number of hydrogen-bond acceptors (Lipinski definition) is 3. The molecule has 0 spiro atoms. The molecule has 5 nitrogen and oxygen atoms in total. The number of hydrogen-bond donors (Lipinski definition) is 1. The van der Waals surface area contributed by atoms with Gasteiger partial charge in [0.2, 0.25) is 0 Å². The molecule has 5 heteroatoms. The van der Waals surface area contributed by atoms with Crippen molar-refractivity contribution < 1.29 is 9.53 Å². The van der Waals surface area contributed by atoms with Gasteiger partial charge in [0.05, 0.1) is 19.2 Å². The van der Waals surface area contributed by atoms with E-state index in [-0.39, 0.29) is 12.1 Å². The Balaban J connectivity index is 1.70. The van der Waals surface area contributed by atoms with Gasteiger partial charge in [0.1, 0.15) is 5.75 Å². The molecule has 2 atom stereocenters. The molecule has 3 rings (SSSR count). The van der Waals surface area contributed by atoms with E-state index in [1.54, 1.807) is 7.11 Å². The van der Waals surface area contributed by atoms with Gasteiger partial charge < -0.3 is 19.9 Å². The number of piperazine rings is 1. The van der Waals surface area contributed by atoms with Gasteiger partial charge in [-0.05, 0) is 51.0 Å². The van der Waals surface area contributed by atoms with Gasteiger partial charge in [-0.15, -0.1) is 0 Å². The number of urea groups is 1. The summed E-state index contributed by atoms with van der Waals surface area (Å²) < 4.78 is 5.22. The lowest BCUT2D eigenvalue weighted by Crippen LogP contribution is -2.59. The van der Waals surface area contributed by atoms with E-state index in [1.165, 1.54) is 5.69 Å². The Morgan fingerprint density at radius 2 is 1.77 bits per heavy atom. The monoisotopic (exact) mass is 303 g/mol. The van der Waals surface area contributed by atoms with Crippen molar-refractivity contribution in [2.75, 3.05) is 25.1 Å². The summed E-state index contributed by atoms with van der Waals surface area (Å²) in [4.78, 5) is 16.8. The Morgan fingerprint density at radius 1 is 1.18 bits per heavy atom. The molecule has 2 bridgehead atoms. The molecule has 2 heterocycles. The van der Waals surface area contributed by atoms with Crippen molar-refractivity contribution in [1.29, 1.82) is 0 Å². The molecule has 22 heavy (non-hydrogen) atoms. The van der Waals surface area contributed by atoms with E-state index in [1.807, 2.05) is 26.0 Å². The van der Waals surface area contributed by atoms with E-state index in [2.05, 4.69) is 27.2 Å². The third-order valence-electron chi connectivity index (χ3n) is 4.57. The van der Waals surface area contributed by atoms with Crippen LogP contribution in [0.25, 0.3) is 0 Å². The van der Waals surface area contributed by atoms with E-state index in [0.717, 1.165) is 31.7 Å². The number of methoxy groups -OCH3 is 1. The first kappa shape index (κ1) is 15.0. The highest BCUT2D eigenvalue weighted by Gasteiger charge is 2.42. The number of nitrogens with one attached hydrogen (secondary N) is 1. The standard InChI is InChI=1S/C17H25N3O2/c1-12(2)18-17(21)20-14-4-5-15(20)11-19(10-14)13-6-8-16(22-3)9-7-13/h6-9,12,14-15H,4-5,10-11H2,1-3H3,(H,18,21). The van der Waals surface area contributed by atoms with Gasteiger partial charge in [-0.3, -0.25) is 0 Å². The fourth-order valence-corrected chi connectivity index (χ4v) is 3.56. The number of rotatable bonds is 3. The van der Waals surface area contributed by atoms with E-state index >= 15 is 0 Å². The van der Waals surface area contributed by atoms with Crippen LogP contribution in [0.1, 0.15) is 26.7 Å². The molecular formula is C17H25N3O2. The van der Waals surface area contributed by atoms with Crippen LogP contribution in [0.15, 0.2) is 24.3 Å².